The van der Waals surface area contributed by atoms with Crippen LogP contribution in [0.25, 0.3) is 0 Å². The van der Waals surface area contributed by atoms with Crippen molar-refractivity contribution < 1.29 is 48.5 Å². The van der Waals surface area contributed by atoms with Crippen molar-refractivity contribution in [2.45, 2.75) is 0 Å². The first-order valence-corrected chi connectivity index (χ1v) is 1.10. The molecule has 0 aliphatic rings. The molecule has 0 spiro atoms. The summed E-state index contributed by atoms with van der Waals surface area (Å²) >= 11 is 0. The summed E-state index contributed by atoms with van der Waals surface area (Å²) in [6.07, 6.45) is 0. The molecular formula is H14CaN2O13. The summed E-state index contributed by atoms with van der Waals surface area (Å²) in [6, 6.07) is 0. The van der Waals surface area contributed by atoms with Gasteiger partial charge in [0.05, 0.1) is 10.2 Å². The average Bonchev–Trinajstić information content (AvgIpc) is 1.25. The minimum Gasteiger partial charge on any atom is -0.412 e. The standard InChI is InChI=1S/Ca.2NO3.7H2O/c;2*2-1(3)4;;;;;;;/h;;;7*1H2/q+2;2*-1;;;;;;;. The van der Waals surface area contributed by atoms with Crippen LogP contribution in [-0.2, 0) is 0 Å². The van der Waals surface area contributed by atoms with Crippen LogP contribution in [0.4, 0.5) is 0 Å². The molecule has 104 valence electrons. The molecule has 0 unspecified atom stereocenters. The molecule has 0 amide bonds. The predicted octanol–water partition coefficient (Wildman–Crippen LogP) is -6.63. The van der Waals surface area contributed by atoms with Crippen molar-refractivity contribution in [2.75, 3.05) is 0 Å². The van der Waals surface area contributed by atoms with Crippen LogP contribution in [-0.4, -0.2) is 86.2 Å². The predicted molar refractivity (Wildman–Crippen MR) is 51.8 cm³/mol. The molecule has 0 heterocycles. The maximum Gasteiger partial charge on any atom is 2.00 e. The second-order valence-electron chi connectivity index (χ2n) is 0.447. The Bertz CT molecular complexity index is 71.9. The topological polar surface area (TPSA) is 353 Å². The fourth-order valence-corrected chi connectivity index (χ4v) is 0. The molecule has 16 heteroatoms. The monoisotopic (exact) mass is 290 g/mol. The molecule has 0 aliphatic carbocycles. The maximum absolute atomic E-state index is 8.25. The van der Waals surface area contributed by atoms with Gasteiger partial charge in [0.1, 0.15) is 0 Å². The number of rotatable bonds is 0. The molecule has 0 rings (SSSR count). The van der Waals surface area contributed by atoms with E-state index in [1.165, 1.54) is 0 Å². The van der Waals surface area contributed by atoms with E-state index >= 15 is 0 Å². The normalized spacial score (nSPS) is 3.00. The second kappa shape index (κ2) is 88.9. The van der Waals surface area contributed by atoms with Crippen molar-refractivity contribution in [3.63, 3.8) is 0 Å². The van der Waals surface area contributed by atoms with E-state index in [1.54, 1.807) is 0 Å². The Morgan fingerprint density at radius 1 is 0.500 bits per heavy atom. The molecular weight excluding hydrogens is 276 g/mol. The summed E-state index contributed by atoms with van der Waals surface area (Å²) in [5, 5.41) is 29.5. The first-order chi connectivity index (χ1) is 3.46. The summed E-state index contributed by atoms with van der Waals surface area (Å²) < 4.78 is 0. The average molecular weight is 290 g/mol. The Morgan fingerprint density at radius 3 is 0.500 bits per heavy atom. The summed E-state index contributed by atoms with van der Waals surface area (Å²) in [4.78, 5) is 16.5. The third-order valence-corrected chi connectivity index (χ3v) is 0. The van der Waals surface area contributed by atoms with E-state index in [4.69, 9.17) is 30.6 Å². The van der Waals surface area contributed by atoms with Crippen molar-refractivity contribution in [1.82, 2.24) is 0 Å². The molecule has 0 saturated heterocycles. The smallest absolute Gasteiger partial charge is 0.412 e. The van der Waals surface area contributed by atoms with Gasteiger partial charge >= 0.3 is 37.7 Å². The third-order valence-electron chi connectivity index (χ3n) is 0. The van der Waals surface area contributed by atoms with Crippen LogP contribution >= 0.6 is 0 Å². The summed E-state index contributed by atoms with van der Waals surface area (Å²) in [5.41, 5.74) is 0. The zero-order chi connectivity index (χ0) is 7.15. The van der Waals surface area contributed by atoms with Crippen LogP contribution in [0.2, 0.25) is 0 Å². The van der Waals surface area contributed by atoms with Crippen molar-refractivity contribution in [2.24, 2.45) is 0 Å². The van der Waals surface area contributed by atoms with E-state index in [2.05, 4.69) is 0 Å². The maximum atomic E-state index is 8.25. The van der Waals surface area contributed by atoms with E-state index in [-0.39, 0.29) is 76.1 Å². The first-order valence-electron chi connectivity index (χ1n) is 1.10. The summed E-state index contributed by atoms with van der Waals surface area (Å²) in [5.74, 6) is 0. The third kappa shape index (κ3) is 5330. The van der Waals surface area contributed by atoms with Crippen molar-refractivity contribution in [1.29, 1.82) is 0 Å². The minimum absolute atomic E-state index is 0. The zero-order valence-corrected chi connectivity index (χ0v) is 9.76. The zero-order valence-electron chi connectivity index (χ0n) is 7.55. The fourth-order valence-electron chi connectivity index (χ4n) is 0. The number of hydrogen-bond acceptors (Lipinski definition) is 6. The summed E-state index contributed by atoms with van der Waals surface area (Å²) in [6.45, 7) is 0. The van der Waals surface area contributed by atoms with Crippen LogP contribution in [0.3, 0.4) is 0 Å². The first kappa shape index (κ1) is 110. The second-order valence-corrected chi connectivity index (χ2v) is 0.447. The largest absolute Gasteiger partial charge is 2.00 e. The van der Waals surface area contributed by atoms with Crippen molar-refractivity contribution >= 4 is 37.7 Å². The molecule has 0 aromatic heterocycles. The van der Waals surface area contributed by atoms with Gasteiger partial charge in [-0.3, -0.25) is 0 Å². The number of nitrogens with zero attached hydrogens (tertiary/aromatic N) is 2. The minimum atomic E-state index is -1.75. The molecule has 15 nitrogen and oxygen atoms in total. The molecule has 14 N–H and O–H groups in total. The van der Waals surface area contributed by atoms with E-state index < -0.39 is 10.2 Å². The Morgan fingerprint density at radius 2 is 0.500 bits per heavy atom. The van der Waals surface area contributed by atoms with Gasteiger partial charge in [0.2, 0.25) is 0 Å². The number of hydrogen-bond donors (Lipinski definition) is 0. The van der Waals surface area contributed by atoms with Crippen LogP contribution in [0.15, 0.2) is 0 Å². The van der Waals surface area contributed by atoms with E-state index in [0.717, 1.165) is 0 Å². The van der Waals surface area contributed by atoms with Crippen LogP contribution < -0.4 is 0 Å². The van der Waals surface area contributed by atoms with Crippen LogP contribution in [0.5, 0.6) is 0 Å². The molecule has 0 aromatic carbocycles. The molecule has 0 atom stereocenters. The van der Waals surface area contributed by atoms with Crippen LogP contribution in [0, 0.1) is 30.6 Å². The molecule has 0 bridgehead atoms. The van der Waals surface area contributed by atoms with E-state index in [0.29, 0.717) is 0 Å². The van der Waals surface area contributed by atoms with Gasteiger partial charge in [0, 0.05) is 0 Å². The molecule has 0 aliphatic heterocycles. The SMILES string of the molecule is O.O.O.O.O.O.O.O=[N+]([O-])[O-].O=[N+]([O-])[O-].[Ca+2]. The Hall–Kier alpha value is -0.620. The van der Waals surface area contributed by atoms with Gasteiger partial charge in [-0.05, 0) is 0 Å². The van der Waals surface area contributed by atoms with Gasteiger partial charge in [-0.1, -0.05) is 0 Å². The van der Waals surface area contributed by atoms with Gasteiger partial charge in [0.25, 0.3) is 0 Å². The molecule has 0 radical (unpaired) electrons. The quantitative estimate of drug-likeness (QED) is 0.236. The molecule has 0 fully saturated rings. The van der Waals surface area contributed by atoms with E-state index in [1.807, 2.05) is 0 Å². The van der Waals surface area contributed by atoms with Gasteiger partial charge in [-0.2, -0.15) is 0 Å². The fraction of sp³-hybridized carbons (Fsp3) is 0. The Kier molecular flexibility index (Phi) is 611. The molecule has 0 saturated carbocycles. The van der Waals surface area contributed by atoms with Gasteiger partial charge < -0.3 is 69.0 Å². The summed E-state index contributed by atoms with van der Waals surface area (Å²) in [7, 11) is 0. The Labute approximate surface area is 117 Å². The van der Waals surface area contributed by atoms with Crippen molar-refractivity contribution in [3.05, 3.63) is 30.6 Å². The molecule has 16 heavy (non-hydrogen) atoms. The van der Waals surface area contributed by atoms with Gasteiger partial charge in [0.15, 0.2) is 0 Å². The Balaban J connectivity index is -0.00000000375. The van der Waals surface area contributed by atoms with E-state index in [9.17, 15) is 0 Å². The van der Waals surface area contributed by atoms with Gasteiger partial charge in [-0.15, -0.1) is 0 Å². The van der Waals surface area contributed by atoms with Crippen molar-refractivity contribution in [3.8, 4) is 0 Å². The van der Waals surface area contributed by atoms with Crippen LogP contribution in [0.1, 0.15) is 0 Å². The molecule has 0 aromatic rings. The van der Waals surface area contributed by atoms with Gasteiger partial charge in [-0.25, -0.2) is 0 Å².